The Labute approximate surface area is 132 Å². The molecule has 3 rings (SSSR count). The fraction of sp³-hybridized carbons (Fsp3) is 0.571. The monoisotopic (exact) mass is 346 g/mol. The second-order valence-electron chi connectivity index (χ2n) is 5.93. The molecule has 1 saturated heterocycles. The number of hydrogen-bond donors (Lipinski definition) is 5. The maximum atomic E-state index is 11.3. The summed E-state index contributed by atoms with van der Waals surface area (Å²) in [6, 6.07) is 8.49. The summed E-state index contributed by atoms with van der Waals surface area (Å²) in [5.41, 5.74) is -0.901. The van der Waals surface area contributed by atoms with Gasteiger partial charge in [-0.2, -0.15) is 0 Å². The van der Waals surface area contributed by atoms with Crippen molar-refractivity contribution >= 4 is 7.60 Å². The molecule has 8 nitrogen and oxygen atoms in total. The first-order valence-corrected chi connectivity index (χ1v) is 8.94. The smallest absolute Gasteiger partial charge is 0.328 e. The molecule has 2 unspecified atom stereocenters. The van der Waals surface area contributed by atoms with E-state index in [-0.39, 0.29) is 6.42 Å². The molecule has 0 spiro atoms. The Morgan fingerprint density at radius 3 is 2.26 bits per heavy atom. The highest BCUT2D eigenvalue weighted by atomic mass is 31.2. The summed E-state index contributed by atoms with van der Waals surface area (Å²) in [6.45, 7) is 0. The normalized spacial score (nSPS) is 40.7. The first-order valence-electron chi connectivity index (χ1n) is 7.25. The average molecular weight is 346 g/mol. The SMILES string of the molecule is O=P(O)(O)C1CC1[C@H]1O[C@H](Oc2ccccc2)[C@@H](O)[C@@H](O)[C@@H]1O. The van der Waals surface area contributed by atoms with Crippen LogP contribution in [-0.4, -0.2) is 61.5 Å². The van der Waals surface area contributed by atoms with E-state index < -0.39 is 49.9 Å². The third kappa shape index (κ3) is 3.44. The summed E-state index contributed by atoms with van der Waals surface area (Å²) in [5, 5.41) is 30.0. The van der Waals surface area contributed by atoms with E-state index >= 15 is 0 Å². The van der Waals surface area contributed by atoms with Crippen molar-refractivity contribution in [2.75, 3.05) is 0 Å². The van der Waals surface area contributed by atoms with Gasteiger partial charge in [0.05, 0.1) is 11.8 Å². The lowest BCUT2D eigenvalue weighted by Gasteiger charge is -2.40. The number of para-hydroxylation sites is 1. The fourth-order valence-electron chi connectivity index (χ4n) is 2.90. The van der Waals surface area contributed by atoms with E-state index in [0.29, 0.717) is 5.75 Å². The second kappa shape index (κ2) is 6.14. The summed E-state index contributed by atoms with van der Waals surface area (Å²) in [6.07, 6.45) is -6.51. The van der Waals surface area contributed by atoms with Crippen molar-refractivity contribution in [1.82, 2.24) is 0 Å². The summed E-state index contributed by atoms with van der Waals surface area (Å²) in [5.74, 6) is -0.184. The Balaban J connectivity index is 1.73. The standard InChI is InChI=1S/C14H19O8P/c15-10-11(16)13(8-6-9(8)23(18,19)20)22-14(12(10)17)21-7-4-2-1-3-5-7/h1-5,8-17H,6H2,(H2,18,19,20)/t8?,9?,10-,11-,12-,13+,14-/m0/s1. The number of hydrogen-bond acceptors (Lipinski definition) is 6. The van der Waals surface area contributed by atoms with Crippen molar-refractivity contribution in [3.8, 4) is 5.75 Å². The lowest BCUT2D eigenvalue weighted by atomic mass is 9.96. The first-order chi connectivity index (χ1) is 10.8. The van der Waals surface area contributed by atoms with Gasteiger partial charge in [-0.05, 0) is 18.6 Å². The number of rotatable bonds is 4. The number of aliphatic hydroxyl groups is 3. The highest BCUT2D eigenvalue weighted by Gasteiger charge is 2.59. The summed E-state index contributed by atoms with van der Waals surface area (Å²) < 4.78 is 22.3. The zero-order valence-corrected chi connectivity index (χ0v) is 12.9. The van der Waals surface area contributed by atoms with Crippen molar-refractivity contribution < 1.29 is 39.1 Å². The van der Waals surface area contributed by atoms with Crippen LogP contribution in [0.15, 0.2) is 30.3 Å². The Morgan fingerprint density at radius 1 is 1.04 bits per heavy atom. The zero-order valence-electron chi connectivity index (χ0n) is 12.0. The topological polar surface area (TPSA) is 137 Å². The molecule has 5 N–H and O–H groups in total. The molecule has 1 aliphatic carbocycles. The summed E-state index contributed by atoms with van der Waals surface area (Å²) in [4.78, 5) is 18.4. The number of ether oxygens (including phenoxy) is 2. The quantitative estimate of drug-likeness (QED) is 0.458. The molecule has 0 amide bonds. The Kier molecular flexibility index (Phi) is 4.50. The van der Waals surface area contributed by atoms with E-state index in [1.54, 1.807) is 30.3 Å². The Bertz CT molecular complexity index is 590. The van der Waals surface area contributed by atoms with E-state index in [4.69, 9.17) is 9.47 Å². The van der Waals surface area contributed by atoms with Crippen molar-refractivity contribution in [3.05, 3.63) is 30.3 Å². The zero-order chi connectivity index (χ0) is 16.8. The van der Waals surface area contributed by atoms with Crippen LogP contribution < -0.4 is 4.74 Å². The van der Waals surface area contributed by atoms with Crippen molar-refractivity contribution in [2.24, 2.45) is 5.92 Å². The maximum absolute atomic E-state index is 11.3. The molecule has 1 aromatic carbocycles. The summed E-state index contributed by atoms with van der Waals surface area (Å²) in [7, 11) is -4.27. The molecular weight excluding hydrogens is 327 g/mol. The van der Waals surface area contributed by atoms with Gasteiger partial charge in [-0.15, -0.1) is 0 Å². The molecule has 23 heavy (non-hydrogen) atoms. The molecule has 0 aromatic heterocycles. The van der Waals surface area contributed by atoms with E-state index in [9.17, 15) is 29.7 Å². The molecule has 1 aromatic rings. The predicted molar refractivity (Wildman–Crippen MR) is 77.7 cm³/mol. The Morgan fingerprint density at radius 2 is 1.70 bits per heavy atom. The van der Waals surface area contributed by atoms with Crippen LogP contribution >= 0.6 is 7.60 Å². The molecule has 0 bridgehead atoms. The lowest BCUT2D eigenvalue weighted by molar-refractivity contribution is -0.276. The van der Waals surface area contributed by atoms with E-state index in [0.717, 1.165) is 0 Å². The van der Waals surface area contributed by atoms with Gasteiger partial charge in [-0.3, -0.25) is 4.57 Å². The van der Waals surface area contributed by atoms with Gasteiger partial charge >= 0.3 is 7.60 Å². The van der Waals surface area contributed by atoms with Crippen LogP contribution in [0.5, 0.6) is 5.75 Å². The summed E-state index contributed by atoms with van der Waals surface area (Å²) >= 11 is 0. The van der Waals surface area contributed by atoms with Gasteiger partial charge < -0.3 is 34.6 Å². The van der Waals surface area contributed by atoms with E-state index in [2.05, 4.69) is 0 Å². The molecule has 1 saturated carbocycles. The highest BCUT2D eigenvalue weighted by Crippen LogP contribution is 2.60. The predicted octanol–water partition coefficient (Wildman–Crippen LogP) is -0.561. The minimum Gasteiger partial charge on any atom is -0.462 e. The van der Waals surface area contributed by atoms with Gasteiger partial charge in [-0.1, -0.05) is 18.2 Å². The van der Waals surface area contributed by atoms with Crippen LogP contribution in [0.4, 0.5) is 0 Å². The Hall–Kier alpha value is -0.990. The number of aliphatic hydroxyl groups excluding tert-OH is 3. The average Bonchev–Trinajstić information content (AvgIpc) is 3.29. The molecule has 2 aliphatic rings. The van der Waals surface area contributed by atoms with E-state index in [1.807, 2.05) is 0 Å². The van der Waals surface area contributed by atoms with Crippen LogP contribution in [0.3, 0.4) is 0 Å². The molecule has 7 atom stereocenters. The van der Waals surface area contributed by atoms with Crippen molar-refractivity contribution in [1.29, 1.82) is 0 Å². The molecule has 9 heteroatoms. The van der Waals surface area contributed by atoms with Gasteiger partial charge in [0.25, 0.3) is 0 Å². The van der Waals surface area contributed by atoms with Gasteiger partial charge in [0.1, 0.15) is 24.1 Å². The molecule has 0 radical (unpaired) electrons. The van der Waals surface area contributed by atoms with Gasteiger partial charge in [0.15, 0.2) is 0 Å². The van der Waals surface area contributed by atoms with E-state index in [1.165, 1.54) is 0 Å². The largest absolute Gasteiger partial charge is 0.462 e. The van der Waals surface area contributed by atoms with Gasteiger partial charge in [0.2, 0.25) is 6.29 Å². The fourth-order valence-corrected chi connectivity index (χ4v) is 4.08. The van der Waals surface area contributed by atoms with Gasteiger partial charge in [-0.25, -0.2) is 0 Å². The molecule has 2 fully saturated rings. The van der Waals surface area contributed by atoms with Gasteiger partial charge in [0, 0.05) is 5.92 Å². The van der Waals surface area contributed by atoms with Crippen LogP contribution in [0, 0.1) is 5.92 Å². The molecule has 1 aliphatic heterocycles. The third-order valence-corrected chi connectivity index (χ3v) is 5.72. The molecule has 1 heterocycles. The second-order valence-corrected chi connectivity index (χ2v) is 7.77. The van der Waals surface area contributed by atoms with Crippen LogP contribution in [0.25, 0.3) is 0 Å². The highest BCUT2D eigenvalue weighted by molar-refractivity contribution is 7.53. The lowest BCUT2D eigenvalue weighted by Crippen LogP contribution is -2.59. The minimum absolute atomic E-state index is 0.187. The van der Waals surface area contributed by atoms with Crippen LogP contribution in [0.1, 0.15) is 6.42 Å². The first kappa shape index (κ1) is 16.9. The number of benzene rings is 1. The van der Waals surface area contributed by atoms with Crippen LogP contribution in [0.2, 0.25) is 0 Å². The van der Waals surface area contributed by atoms with Crippen LogP contribution in [-0.2, 0) is 9.30 Å². The molecule has 128 valence electrons. The maximum Gasteiger partial charge on any atom is 0.328 e. The van der Waals surface area contributed by atoms with Crippen molar-refractivity contribution in [2.45, 2.75) is 42.8 Å². The van der Waals surface area contributed by atoms with Crippen molar-refractivity contribution in [3.63, 3.8) is 0 Å². The minimum atomic E-state index is -4.27. The molecular formula is C14H19O8P. The third-order valence-electron chi connectivity index (χ3n) is 4.26.